The lowest BCUT2D eigenvalue weighted by molar-refractivity contribution is 0.201. The van der Waals surface area contributed by atoms with E-state index in [1.807, 2.05) is 0 Å². The van der Waals surface area contributed by atoms with Gasteiger partial charge in [-0.1, -0.05) is 24.3 Å². The third-order valence-electron chi connectivity index (χ3n) is 3.46. The molecule has 0 radical (unpaired) electrons. The second-order valence-electron chi connectivity index (χ2n) is 4.74. The van der Waals surface area contributed by atoms with Crippen molar-refractivity contribution in [3.8, 4) is 0 Å². The Morgan fingerprint density at radius 3 is 3.16 bits per heavy atom. The molecule has 4 nitrogen and oxygen atoms in total. The smallest absolute Gasteiger partial charge is 0.202 e. The molecule has 1 unspecified atom stereocenters. The van der Waals surface area contributed by atoms with Crippen LogP contribution in [0.3, 0.4) is 0 Å². The number of nitrogens with zero attached hydrogens (tertiary/aromatic N) is 2. The molecule has 1 atom stereocenters. The quantitative estimate of drug-likeness (QED) is 0.880. The van der Waals surface area contributed by atoms with E-state index in [0.29, 0.717) is 12.5 Å². The van der Waals surface area contributed by atoms with Crippen LogP contribution in [0.1, 0.15) is 22.9 Å². The lowest BCUT2D eigenvalue weighted by Gasteiger charge is -2.29. The molecule has 0 bridgehead atoms. The summed E-state index contributed by atoms with van der Waals surface area (Å²) < 4.78 is 9.33. The average molecular weight is 275 g/mol. The van der Waals surface area contributed by atoms with Crippen molar-refractivity contribution in [2.45, 2.75) is 18.8 Å². The molecule has 1 N–H and O–H groups in total. The maximum atomic E-state index is 5.02. The van der Waals surface area contributed by atoms with Crippen LogP contribution in [-0.2, 0) is 17.6 Å². The minimum atomic E-state index is 0.613. The lowest BCUT2D eigenvalue weighted by Crippen LogP contribution is -2.24. The van der Waals surface area contributed by atoms with E-state index in [9.17, 15) is 0 Å². The number of aromatic nitrogens is 2. The second kappa shape index (κ2) is 5.67. The summed E-state index contributed by atoms with van der Waals surface area (Å²) in [5, 5.41) is 4.30. The number of hydrogen-bond acceptors (Lipinski definition) is 5. The van der Waals surface area contributed by atoms with Gasteiger partial charge in [0.05, 0.1) is 6.61 Å². The summed E-state index contributed by atoms with van der Waals surface area (Å²) in [5.74, 6) is 1.48. The number of benzene rings is 1. The van der Waals surface area contributed by atoms with Gasteiger partial charge in [-0.05, 0) is 17.5 Å². The van der Waals surface area contributed by atoms with E-state index in [1.165, 1.54) is 29.1 Å². The van der Waals surface area contributed by atoms with Gasteiger partial charge in [0.2, 0.25) is 5.13 Å². The van der Waals surface area contributed by atoms with Crippen LogP contribution in [0.4, 0.5) is 5.13 Å². The van der Waals surface area contributed by atoms with Gasteiger partial charge in [-0.15, -0.1) is 0 Å². The maximum Gasteiger partial charge on any atom is 0.202 e. The van der Waals surface area contributed by atoms with E-state index in [2.05, 4.69) is 38.9 Å². The van der Waals surface area contributed by atoms with Gasteiger partial charge in [0.15, 0.2) is 0 Å². The molecule has 100 valence electrons. The molecule has 1 heterocycles. The number of methoxy groups -OCH3 is 1. The zero-order valence-electron chi connectivity index (χ0n) is 10.9. The number of fused-ring (bicyclic) bond motifs is 1. The number of anilines is 1. The Kier molecular flexibility index (Phi) is 3.75. The van der Waals surface area contributed by atoms with Crippen LogP contribution in [0.25, 0.3) is 0 Å². The molecular weight excluding hydrogens is 258 g/mol. The van der Waals surface area contributed by atoms with Crippen molar-refractivity contribution in [1.29, 1.82) is 0 Å². The predicted octanol–water partition coefficient (Wildman–Crippen LogP) is 2.48. The summed E-state index contributed by atoms with van der Waals surface area (Å²) in [4.78, 5) is 4.45. The first-order valence-electron chi connectivity index (χ1n) is 6.50. The number of rotatable bonds is 6. The van der Waals surface area contributed by atoms with Crippen LogP contribution < -0.4 is 5.32 Å². The molecule has 0 amide bonds. The maximum absolute atomic E-state index is 5.02. The highest BCUT2D eigenvalue weighted by Crippen LogP contribution is 2.34. The Morgan fingerprint density at radius 2 is 2.32 bits per heavy atom. The normalized spacial score (nSPS) is 16.8. The van der Waals surface area contributed by atoms with Crippen LogP contribution in [0.5, 0.6) is 0 Å². The zero-order chi connectivity index (χ0) is 13.1. The molecule has 0 fully saturated rings. The van der Waals surface area contributed by atoms with Crippen LogP contribution in [0.15, 0.2) is 24.3 Å². The first kappa shape index (κ1) is 12.6. The van der Waals surface area contributed by atoms with Gasteiger partial charge >= 0.3 is 0 Å². The molecule has 1 aromatic carbocycles. The molecule has 1 aliphatic rings. The SMILES string of the molecule is COCCc1nsc(NCC2Cc3ccccc32)n1. The first-order chi connectivity index (χ1) is 9.36. The zero-order valence-corrected chi connectivity index (χ0v) is 11.7. The van der Waals surface area contributed by atoms with Crippen molar-refractivity contribution >= 4 is 16.7 Å². The van der Waals surface area contributed by atoms with E-state index >= 15 is 0 Å². The fourth-order valence-corrected chi connectivity index (χ4v) is 2.99. The van der Waals surface area contributed by atoms with Gasteiger partial charge < -0.3 is 10.1 Å². The highest BCUT2D eigenvalue weighted by Gasteiger charge is 2.25. The van der Waals surface area contributed by atoms with Crippen LogP contribution in [0, 0.1) is 0 Å². The largest absolute Gasteiger partial charge is 0.384 e. The summed E-state index contributed by atoms with van der Waals surface area (Å²) in [6.07, 6.45) is 1.94. The topological polar surface area (TPSA) is 47.0 Å². The standard InChI is InChI=1S/C14H17N3OS/c1-18-7-6-13-16-14(19-17-13)15-9-11-8-10-4-2-3-5-12(10)11/h2-5,11H,6-9H2,1H3,(H,15,16,17). The van der Waals surface area contributed by atoms with E-state index < -0.39 is 0 Å². The van der Waals surface area contributed by atoms with Crippen LogP contribution in [0.2, 0.25) is 0 Å². The van der Waals surface area contributed by atoms with Crippen molar-refractivity contribution in [1.82, 2.24) is 9.36 Å². The Bertz CT molecular complexity index is 555. The second-order valence-corrected chi connectivity index (χ2v) is 5.49. The monoisotopic (exact) mass is 275 g/mol. The molecule has 2 aromatic rings. The molecule has 0 saturated carbocycles. The highest BCUT2D eigenvalue weighted by atomic mass is 32.1. The average Bonchev–Trinajstić information content (AvgIpc) is 2.85. The van der Waals surface area contributed by atoms with Crippen molar-refractivity contribution in [2.24, 2.45) is 0 Å². The van der Waals surface area contributed by atoms with Crippen molar-refractivity contribution in [2.75, 3.05) is 25.6 Å². The summed E-state index contributed by atoms with van der Waals surface area (Å²) in [6, 6.07) is 8.64. The summed E-state index contributed by atoms with van der Waals surface area (Å²) in [5.41, 5.74) is 2.95. The lowest BCUT2D eigenvalue weighted by atomic mass is 9.78. The molecule has 3 rings (SSSR count). The minimum absolute atomic E-state index is 0.613. The molecule has 5 heteroatoms. The summed E-state index contributed by atoms with van der Waals surface area (Å²) in [6.45, 7) is 1.61. The summed E-state index contributed by atoms with van der Waals surface area (Å²) >= 11 is 1.43. The van der Waals surface area contributed by atoms with Crippen LogP contribution in [-0.4, -0.2) is 29.6 Å². The van der Waals surface area contributed by atoms with E-state index in [4.69, 9.17) is 4.74 Å². The van der Waals surface area contributed by atoms with E-state index in [1.54, 1.807) is 7.11 Å². The Balaban J connectivity index is 1.52. The molecule has 0 spiro atoms. The Hall–Kier alpha value is -1.46. The molecule has 1 aliphatic carbocycles. The van der Waals surface area contributed by atoms with E-state index in [-0.39, 0.29) is 0 Å². The molecule has 1 aromatic heterocycles. The molecular formula is C14H17N3OS. The van der Waals surface area contributed by atoms with Gasteiger partial charge in [-0.3, -0.25) is 0 Å². The van der Waals surface area contributed by atoms with Crippen molar-refractivity contribution in [3.05, 3.63) is 41.2 Å². The molecule has 19 heavy (non-hydrogen) atoms. The number of ether oxygens (including phenoxy) is 1. The van der Waals surface area contributed by atoms with Crippen molar-refractivity contribution in [3.63, 3.8) is 0 Å². The fourth-order valence-electron chi connectivity index (χ4n) is 2.38. The van der Waals surface area contributed by atoms with Crippen molar-refractivity contribution < 1.29 is 4.74 Å². The van der Waals surface area contributed by atoms with Gasteiger partial charge in [-0.25, -0.2) is 4.98 Å². The van der Waals surface area contributed by atoms with Gasteiger partial charge in [0.1, 0.15) is 5.82 Å². The predicted molar refractivity (Wildman–Crippen MR) is 76.9 cm³/mol. The summed E-state index contributed by atoms with van der Waals surface area (Å²) in [7, 11) is 1.69. The Morgan fingerprint density at radius 1 is 1.42 bits per heavy atom. The fraction of sp³-hybridized carbons (Fsp3) is 0.429. The number of hydrogen-bond donors (Lipinski definition) is 1. The first-order valence-corrected chi connectivity index (χ1v) is 7.27. The molecule has 0 saturated heterocycles. The van der Waals surface area contributed by atoms with Crippen LogP contribution >= 0.6 is 11.5 Å². The Labute approximate surface area is 117 Å². The van der Waals surface area contributed by atoms with E-state index in [0.717, 1.165) is 23.9 Å². The number of nitrogens with one attached hydrogen (secondary N) is 1. The molecule has 0 aliphatic heterocycles. The third kappa shape index (κ3) is 2.77. The third-order valence-corrected chi connectivity index (χ3v) is 4.17. The highest BCUT2D eigenvalue weighted by molar-refractivity contribution is 7.09. The van der Waals surface area contributed by atoms with Gasteiger partial charge in [-0.2, -0.15) is 4.37 Å². The minimum Gasteiger partial charge on any atom is -0.384 e. The van der Waals surface area contributed by atoms with Gasteiger partial charge in [0, 0.05) is 37.5 Å². The van der Waals surface area contributed by atoms with Gasteiger partial charge in [0.25, 0.3) is 0 Å².